The van der Waals surface area contributed by atoms with Gasteiger partial charge in [-0.05, 0) is 35.0 Å². The molecule has 0 aromatic heterocycles. The maximum atomic E-state index is 13.2. The number of anilines is 1. The van der Waals surface area contributed by atoms with Gasteiger partial charge in [0.15, 0.2) is 0 Å². The summed E-state index contributed by atoms with van der Waals surface area (Å²) in [5, 5.41) is 11.6. The Labute approximate surface area is 118 Å². The van der Waals surface area contributed by atoms with Crippen molar-refractivity contribution in [2.45, 2.75) is 13.0 Å². The highest BCUT2D eigenvalue weighted by atomic mass is 79.9. The third kappa shape index (κ3) is 3.57. The number of halogens is 3. The summed E-state index contributed by atoms with van der Waals surface area (Å²) in [5.74, 6) is -0.505. The summed E-state index contributed by atoms with van der Waals surface area (Å²) in [7, 11) is 1.54. The lowest BCUT2D eigenvalue weighted by atomic mass is 10.3. The van der Waals surface area contributed by atoms with E-state index in [4.69, 9.17) is 16.7 Å². The molecule has 0 radical (unpaired) electrons. The fourth-order valence-electron chi connectivity index (χ4n) is 1.14. The van der Waals surface area contributed by atoms with Gasteiger partial charge in [-0.15, -0.1) is 0 Å². The summed E-state index contributed by atoms with van der Waals surface area (Å²) in [4.78, 5) is 13.1. The second-order valence-electron chi connectivity index (χ2n) is 3.82. The van der Waals surface area contributed by atoms with Crippen LogP contribution in [0.1, 0.15) is 6.92 Å². The molecule has 0 saturated carbocycles. The third-order valence-corrected chi connectivity index (χ3v) is 3.42. The smallest absolute Gasteiger partial charge is 0.321 e. The number of benzene rings is 1. The molecule has 2 N–H and O–H groups in total. The molecule has 0 bridgehead atoms. The van der Waals surface area contributed by atoms with Crippen LogP contribution in [0.25, 0.3) is 0 Å². The molecular weight excluding hydrogens is 326 g/mol. The fraction of sp³-hybridized carbons (Fsp3) is 0.364. The van der Waals surface area contributed by atoms with E-state index in [1.807, 2.05) is 0 Å². The van der Waals surface area contributed by atoms with Crippen molar-refractivity contribution < 1.29 is 14.3 Å². The standard InChI is InChI=1S/C11H13BrClFN2O2/c1-6(5-17)16(2)11(18)15-10-3-7(12)9(14)4-8(10)13/h3-4,6,17H,5H2,1-2H3,(H,15,18). The minimum absolute atomic E-state index is 0.106. The van der Waals surface area contributed by atoms with Crippen LogP contribution in [0.4, 0.5) is 14.9 Å². The van der Waals surface area contributed by atoms with E-state index in [9.17, 15) is 9.18 Å². The molecule has 0 fully saturated rings. The van der Waals surface area contributed by atoms with Crippen LogP contribution in [0.15, 0.2) is 16.6 Å². The number of rotatable bonds is 3. The van der Waals surface area contributed by atoms with Crippen molar-refractivity contribution in [3.63, 3.8) is 0 Å². The lowest BCUT2D eigenvalue weighted by molar-refractivity contribution is 0.166. The van der Waals surface area contributed by atoms with Crippen molar-refractivity contribution in [1.29, 1.82) is 0 Å². The van der Waals surface area contributed by atoms with E-state index < -0.39 is 11.8 Å². The first-order chi connectivity index (χ1) is 8.36. The SMILES string of the molecule is CC(CO)N(C)C(=O)Nc1cc(Br)c(F)cc1Cl. The van der Waals surface area contributed by atoms with Crippen molar-refractivity contribution >= 4 is 39.2 Å². The van der Waals surface area contributed by atoms with E-state index in [1.165, 1.54) is 11.0 Å². The zero-order valence-corrected chi connectivity index (χ0v) is 12.2. The van der Waals surface area contributed by atoms with Crippen LogP contribution in [0.5, 0.6) is 0 Å². The molecule has 18 heavy (non-hydrogen) atoms. The number of aliphatic hydroxyl groups excluding tert-OH is 1. The van der Waals surface area contributed by atoms with Crippen molar-refractivity contribution in [2.75, 3.05) is 19.0 Å². The molecule has 0 saturated heterocycles. The van der Waals surface area contributed by atoms with Gasteiger partial charge in [0, 0.05) is 7.05 Å². The van der Waals surface area contributed by atoms with Gasteiger partial charge in [-0.3, -0.25) is 0 Å². The van der Waals surface area contributed by atoms with E-state index in [2.05, 4.69) is 21.2 Å². The number of urea groups is 1. The molecule has 0 aliphatic heterocycles. The second-order valence-corrected chi connectivity index (χ2v) is 5.08. The van der Waals surface area contributed by atoms with Crippen molar-refractivity contribution in [3.8, 4) is 0 Å². The maximum Gasteiger partial charge on any atom is 0.321 e. The van der Waals surface area contributed by atoms with Gasteiger partial charge in [-0.2, -0.15) is 0 Å². The minimum Gasteiger partial charge on any atom is -0.394 e. The number of carbonyl (C=O) groups is 1. The van der Waals surface area contributed by atoms with Crippen molar-refractivity contribution in [2.24, 2.45) is 0 Å². The summed E-state index contributed by atoms with van der Waals surface area (Å²) in [6, 6.07) is 1.73. The van der Waals surface area contributed by atoms with Gasteiger partial charge in [0.25, 0.3) is 0 Å². The number of hydrogen-bond acceptors (Lipinski definition) is 2. The van der Waals surface area contributed by atoms with Gasteiger partial charge in [-0.25, -0.2) is 9.18 Å². The van der Waals surface area contributed by atoms with Gasteiger partial charge < -0.3 is 15.3 Å². The van der Waals surface area contributed by atoms with Gasteiger partial charge in [0.1, 0.15) is 5.82 Å². The van der Waals surface area contributed by atoms with Crippen molar-refractivity contribution in [1.82, 2.24) is 4.90 Å². The lowest BCUT2D eigenvalue weighted by Crippen LogP contribution is -2.40. The topological polar surface area (TPSA) is 52.6 Å². The highest BCUT2D eigenvalue weighted by molar-refractivity contribution is 9.10. The van der Waals surface area contributed by atoms with Crippen LogP contribution in [0.3, 0.4) is 0 Å². The van der Waals surface area contributed by atoms with Crippen LogP contribution >= 0.6 is 27.5 Å². The zero-order chi connectivity index (χ0) is 13.9. The Morgan fingerprint density at radius 1 is 1.67 bits per heavy atom. The molecule has 1 aromatic rings. The van der Waals surface area contributed by atoms with E-state index in [0.717, 1.165) is 6.07 Å². The first-order valence-corrected chi connectivity index (χ1v) is 6.33. The quantitative estimate of drug-likeness (QED) is 0.832. The molecule has 0 aliphatic rings. The monoisotopic (exact) mass is 338 g/mol. The Hall–Kier alpha value is -0.850. The van der Waals surface area contributed by atoms with Crippen LogP contribution in [0.2, 0.25) is 5.02 Å². The maximum absolute atomic E-state index is 13.2. The minimum atomic E-state index is -0.505. The molecule has 1 aromatic carbocycles. The molecule has 100 valence electrons. The largest absolute Gasteiger partial charge is 0.394 e. The lowest BCUT2D eigenvalue weighted by Gasteiger charge is -2.23. The molecule has 0 aliphatic carbocycles. The average Bonchev–Trinajstić information content (AvgIpc) is 2.33. The zero-order valence-electron chi connectivity index (χ0n) is 9.88. The van der Waals surface area contributed by atoms with E-state index in [0.29, 0.717) is 5.69 Å². The Kier molecular flexibility index (Phi) is 5.37. The summed E-state index contributed by atoms with van der Waals surface area (Å²) < 4.78 is 13.4. The average molecular weight is 340 g/mol. The summed E-state index contributed by atoms with van der Waals surface area (Å²) >= 11 is 8.83. The van der Waals surface area contributed by atoms with Crippen LogP contribution < -0.4 is 5.32 Å². The number of likely N-dealkylation sites (N-methyl/N-ethyl adjacent to an activating group) is 1. The van der Waals surface area contributed by atoms with Gasteiger partial charge in [0.2, 0.25) is 0 Å². The molecule has 0 heterocycles. The number of carbonyl (C=O) groups excluding carboxylic acids is 1. The van der Waals surface area contributed by atoms with Crippen LogP contribution in [-0.2, 0) is 0 Å². The Morgan fingerprint density at radius 2 is 2.28 bits per heavy atom. The second kappa shape index (κ2) is 6.36. The van der Waals surface area contributed by atoms with Gasteiger partial charge in [0.05, 0.1) is 27.8 Å². The first kappa shape index (κ1) is 15.2. The normalized spacial score (nSPS) is 12.1. The van der Waals surface area contributed by atoms with Crippen LogP contribution in [-0.4, -0.2) is 35.7 Å². The van der Waals surface area contributed by atoms with Crippen LogP contribution in [0, 0.1) is 5.82 Å². The number of aliphatic hydroxyl groups is 1. The number of amides is 2. The van der Waals surface area contributed by atoms with E-state index >= 15 is 0 Å². The highest BCUT2D eigenvalue weighted by Crippen LogP contribution is 2.28. The molecule has 1 rings (SSSR count). The summed E-state index contributed by atoms with van der Waals surface area (Å²) in [6.45, 7) is 1.55. The molecule has 1 unspecified atom stereocenters. The molecule has 4 nitrogen and oxygen atoms in total. The molecule has 0 spiro atoms. The molecule has 7 heteroatoms. The third-order valence-electron chi connectivity index (χ3n) is 2.50. The fourth-order valence-corrected chi connectivity index (χ4v) is 1.69. The number of hydrogen-bond donors (Lipinski definition) is 2. The Bertz CT molecular complexity index is 459. The van der Waals surface area contributed by atoms with Gasteiger partial charge in [-0.1, -0.05) is 11.6 Å². The first-order valence-electron chi connectivity index (χ1n) is 5.16. The predicted octanol–water partition coefficient (Wildman–Crippen LogP) is 3.09. The number of nitrogens with zero attached hydrogens (tertiary/aromatic N) is 1. The predicted molar refractivity (Wildman–Crippen MR) is 72.4 cm³/mol. The molecular formula is C11H13BrClFN2O2. The van der Waals surface area contributed by atoms with Crippen molar-refractivity contribution in [3.05, 3.63) is 27.4 Å². The Morgan fingerprint density at radius 3 is 2.83 bits per heavy atom. The van der Waals surface area contributed by atoms with Gasteiger partial charge >= 0.3 is 6.03 Å². The Balaban J connectivity index is 2.85. The highest BCUT2D eigenvalue weighted by Gasteiger charge is 2.16. The summed E-state index contributed by atoms with van der Waals surface area (Å²) in [6.07, 6.45) is 0. The van der Waals surface area contributed by atoms with E-state index in [1.54, 1.807) is 14.0 Å². The molecule has 1 atom stereocenters. The molecule has 2 amide bonds. The number of nitrogens with one attached hydrogen (secondary N) is 1. The summed E-state index contributed by atoms with van der Waals surface area (Å²) in [5.41, 5.74) is 0.298. The van der Waals surface area contributed by atoms with E-state index in [-0.39, 0.29) is 22.1 Å².